The molecule has 5 heteroatoms. The fourth-order valence-corrected chi connectivity index (χ4v) is 1.99. The number of aryl methyl sites for hydroxylation is 2. The van der Waals surface area contributed by atoms with E-state index in [0.29, 0.717) is 0 Å². The van der Waals surface area contributed by atoms with Gasteiger partial charge in [0.1, 0.15) is 0 Å². The van der Waals surface area contributed by atoms with Crippen molar-refractivity contribution in [2.75, 3.05) is 6.54 Å². The van der Waals surface area contributed by atoms with Gasteiger partial charge < -0.3 is 5.32 Å². The van der Waals surface area contributed by atoms with Crippen molar-refractivity contribution < 1.29 is 0 Å². The van der Waals surface area contributed by atoms with Crippen molar-refractivity contribution in [1.82, 2.24) is 25.3 Å². The molecular formula is C13H19N5. The van der Waals surface area contributed by atoms with Gasteiger partial charge in [-0.1, -0.05) is 18.2 Å². The zero-order valence-corrected chi connectivity index (χ0v) is 11.1. The highest BCUT2D eigenvalue weighted by Gasteiger charge is 2.20. The van der Waals surface area contributed by atoms with Gasteiger partial charge in [0.05, 0.1) is 23.6 Å². The van der Waals surface area contributed by atoms with E-state index in [9.17, 15) is 0 Å². The molecule has 1 N–H and O–H groups in total. The van der Waals surface area contributed by atoms with Crippen LogP contribution in [0.25, 0.3) is 0 Å². The molecule has 2 rings (SSSR count). The number of hydrogen-bond acceptors (Lipinski definition) is 4. The highest BCUT2D eigenvalue weighted by atomic mass is 15.4. The Balaban J connectivity index is 2.37. The summed E-state index contributed by atoms with van der Waals surface area (Å²) < 4.78 is 1.79. The van der Waals surface area contributed by atoms with Gasteiger partial charge in [0, 0.05) is 13.2 Å². The monoisotopic (exact) mass is 245 g/mol. The Bertz CT molecular complexity index is 506. The second kappa shape index (κ2) is 5.73. The van der Waals surface area contributed by atoms with Crippen LogP contribution in [0.4, 0.5) is 0 Å². The normalized spacial score (nSPS) is 12.6. The Kier molecular flexibility index (Phi) is 4.04. The molecule has 96 valence electrons. The number of rotatable bonds is 5. The summed E-state index contributed by atoms with van der Waals surface area (Å²) in [6.45, 7) is 5.16. The summed E-state index contributed by atoms with van der Waals surface area (Å²) in [5.74, 6) is 0. The van der Waals surface area contributed by atoms with E-state index in [-0.39, 0.29) is 6.04 Å². The van der Waals surface area contributed by atoms with Gasteiger partial charge in [-0.05, 0) is 31.5 Å². The first-order valence-electron chi connectivity index (χ1n) is 6.23. The maximum Gasteiger partial charge on any atom is 0.0940 e. The molecule has 0 aromatic carbocycles. The van der Waals surface area contributed by atoms with Crippen molar-refractivity contribution in [3.63, 3.8) is 0 Å². The minimum absolute atomic E-state index is 0.0474. The molecule has 18 heavy (non-hydrogen) atoms. The smallest absolute Gasteiger partial charge is 0.0940 e. The molecule has 0 bridgehead atoms. The lowest BCUT2D eigenvalue weighted by atomic mass is 10.1. The molecule has 0 aliphatic heterocycles. The van der Waals surface area contributed by atoms with Gasteiger partial charge in [0.25, 0.3) is 0 Å². The van der Waals surface area contributed by atoms with Crippen LogP contribution < -0.4 is 5.32 Å². The van der Waals surface area contributed by atoms with Crippen molar-refractivity contribution in [2.24, 2.45) is 7.05 Å². The standard InChI is InChI=1S/C13H19N5/c1-4-7-14-13(11-9-16-17-18(11)3)12-10(2)6-5-8-15-12/h5-6,8-9,13-14H,4,7H2,1-3H3. The largest absolute Gasteiger partial charge is 0.304 e. The van der Waals surface area contributed by atoms with Crippen LogP contribution in [0.3, 0.4) is 0 Å². The lowest BCUT2D eigenvalue weighted by Gasteiger charge is -2.19. The van der Waals surface area contributed by atoms with Crippen molar-refractivity contribution in [3.05, 3.63) is 41.5 Å². The molecule has 0 saturated carbocycles. The fourth-order valence-electron chi connectivity index (χ4n) is 1.99. The van der Waals surface area contributed by atoms with Crippen molar-refractivity contribution >= 4 is 0 Å². The molecular weight excluding hydrogens is 226 g/mol. The second-order valence-corrected chi connectivity index (χ2v) is 4.38. The maximum absolute atomic E-state index is 4.50. The third kappa shape index (κ3) is 2.56. The molecule has 1 atom stereocenters. The minimum Gasteiger partial charge on any atom is -0.304 e. The topological polar surface area (TPSA) is 55.6 Å². The summed E-state index contributed by atoms with van der Waals surface area (Å²) in [5.41, 5.74) is 3.24. The number of pyridine rings is 1. The highest BCUT2D eigenvalue weighted by Crippen LogP contribution is 2.21. The Morgan fingerprint density at radius 1 is 1.44 bits per heavy atom. The Morgan fingerprint density at radius 3 is 2.89 bits per heavy atom. The minimum atomic E-state index is 0.0474. The molecule has 0 amide bonds. The molecule has 0 aliphatic carbocycles. The van der Waals surface area contributed by atoms with Crippen molar-refractivity contribution in [1.29, 1.82) is 0 Å². The molecule has 2 aromatic heterocycles. The molecule has 0 spiro atoms. The van der Waals surface area contributed by atoms with Gasteiger partial charge >= 0.3 is 0 Å². The first-order valence-corrected chi connectivity index (χ1v) is 6.23. The van der Waals surface area contributed by atoms with E-state index in [1.54, 1.807) is 10.9 Å². The SMILES string of the molecule is CCCNC(c1ncccc1C)c1cnnn1C. The molecule has 5 nitrogen and oxygen atoms in total. The van der Waals surface area contributed by atoms with Crippen LogP contribution in [-0.4, -0.2) is 26.5 Å². The molecule has 1 unspecified atom stereocenters. The number of nitrogens with zero attached hydrogens (tertiary/aromatic N) is 4. The lowest BCUT2D eigenvalue weighted by Crippen LogP contribution is -2.26. The van der Waals surface area contributed by atoms with Gasteiger partial charge in [0.2, 0.25) is 0 Å². The van der Waals surface area contributed by atoms with Crippen LogP contribution in [-0.2, 0) is 7.05 Å². The summed E-state index contributed by atoms with van der Waals surface area (Å²) in [5, 5.41) is 11.5. The van der Waals surface area contributed by atoms with Crippen LogP contribution in [0.1, 0.15) is 36.3 Å². The maximum atomic E-state index is 4.50. The average Bonchev–Trinajstić information content (AvgIpc) is 2.78. The molecule has 2 aromatic rings. The van der Waals surface area contributed by atoms with E-state index in [1.165, 1.54) is 5.56 Å². The zero-order chi connectivity index (χ0) is 13.0. The van der Waals surface area contributed by atoms with Crippen LogP contribution in [0.15, 0.2) is 24.5 Å². The van der Waals surface area contributed by atoms with E-state index in [4.69, 9.17) is 0 Å². The molecule has 2 heterocycles. The third-order valence-corrected chi connectivity index (χ3v) is 2.97. The Morgan fingerprint density at radius 2 is 2.28 bits per heavy atom. The van der Waals surface area contributed by atoms with E-state index in [0.717, 1.165) is 24.4 Å². The van der Waals surface area contributed by atoms with E-state index >= 15 is 0 Å². The average molecular weight is 245 g/mol. The first-order chi connectivity index (χ1) is 8.74. The third-order valence-electron chi connectivity index (χ3n) is 2.97. The molecule has 0 aliphatic rings. The van der Waals surface area contributed by atoms with Gasteiger partial charge in [-0.2, -0.15) is 0 Å². The van der Waals surface area contributed by atoms with Gasteiger partial charge in [-0.3, -0.25) is 9.67 Å². The van der Waals surface area contributed by atoms with Crippen LogP contribution >= 0.6 is 0 Å². The zero-order valence-electron chi connectivity index (χ0n) is 11.1. The van der Waals surface area contributed by atoms with E-state index < -0.39 is 0 Å². The van der Waals surface area contributed by atoms with E-state index in [2.05, 4.69) is 40.5 Å². The number of hydrogen-bond donors (Lipinski definition) is 1. The van der Waals surface area contributed by atoms with Crippen molar-refractivity contribution in [2.45, 2.75) is 26.3 Å². The quantitative estimate of drug-likeness (QED) is 0.869. The summed E-state index contributed by atoms with van der Waals surface area (Å²) in [6.07, 6.45) is 4.70. The lowest BCUT2D eigenvalue weighted by molar-refractivity contribution is 0.539. The summed E-state index contributed by atoms with van der Waals surface area (Å²) in [4.78, 5) is 4.50. The highest BCUT2D eigenvalue weighted by molar-refractivity contribution is 5.27. The van der Waals surface area contributed by atoms with Gasteiger partial charge in [-0.25, -0.2) is 0 Å². The van der Waals surface area contributed by atoms with Crippen molar-refractivity contribution in [3.8, 4) is 0 Å². The van der Waals surface area contributed by atoms with Gasteiger partial charge in [-0.15, -0.1) is 5.10 Å². The fraction of sp³-hybridized carbons (Fsp3) is 0.462. The Labute approximate surface area is 107 Å². The summed E-state index contributed by atoms with van der Waals surface area (Å²) in [7, 11) is 1.90. The number of aromatic nitrogens is 4. The first kappa shape index (κ1) is 12.7. The predicted molar refractivity (Wildman–Crippen MR) is 70.1 cm³/mol. The second-order valence-electron chi connectivity index (χ2n) is 4.38. The molecule has 0 fully saturated rings. The molecule has 0 saturated heterocycles. The van der Waals surface area contributed by atoms with E-state index in [1.807, 2.05) is 19.3 Å². The molecule has 0 radical (unpaired) electrons. The Hall–Kier alpha value is -1.75. The predicted octanol–water partition coefficient (Wildman–Crippen LogP) is 1.61. The van der Waals surface area contributed by atoms with Crippen LogP contribution in [0.5, 0.6) is 0 Å². The van der Waals surface area contributed by atoms with Crippen LogP contribution in [0, 0.1) is 6.92 Å². The summed E-state index contributed by atoms with van der Waals surface area (Å²) in [6, 6.07) is 4.08. The van der Waals surface area contributed by atoms with Gasteiger partial charge in [0.15, 0.2) is 0 Å². The number of nitrogens with one attached hydrogen (secondary N) is 1. The van der Waals surface area contributed by atoms with Crippen LogP contribution in [0.2, 0.25) is 0 Å². The summed E-state index contributed by atoms with van der Waals surface area (Å²) >= 11 is 0.